The number of nitrogens with zero attached hydrogens (tertiary/aromatic N) is 1. The van der Waals surface area contributed by atoms with Crippen molar-refractivity contribution in [1.29, 1.82) is 0 Å². The fourth-order valence-corrected chi connectivity index (χ4v) is 7.79. The van der Waals surface area contributed by atoms with Gasteiger partial charge in [-0.05, 0) is 45.8 Å². The monoisotopic (exact) mass is 557 g/mol. The molecule has 7 heteroatoms. The number of piperidine rings is 3. The smallest absolute Gasteiger partial charge is 0.412 e. The average Bonchev–Trinajstić information content (AvgIpc) is 3.26. The highest BCUT2D eigenvalue weighted by atomic mass is 79.9. The van der Waals surface area contributed by atoms with E-state index in [1.165, 1.54) is 22.9 Å². The molecular formula is C27H30BrN2O2S2+. The molecule has 0 aliphatic carbocycles. The van der Waals surface area contributed by atoms with Crippen molar-refractivity contribution >= 4 is 50.8 Å². The van der Waals surface area contributed by atoms with Crippen molar-refractivity contribution in [1.82, 2.24) is 0 Å². The molecule has 0 spiro atoms. The maximum absolute atomic E-state index is 12.9. The first kappa shape index (κ1) is 23.9. The lowest BCUT2D eigenvalue weighted by Gasteiger charge is -2.52. The third-order valence-electron chi connectivity index (χ3n) is 7.12. The number of anilines is 1. The molecule has 1 unspecified atom stereocenters. The third kappa shape index (κ3) is 5.88. The average molecular weight is 559 g/mol. The topological polar surface area (TPSA) is 38.3 Å². The summed E-state index contributed by atoms with van der Waals surface area (Å²) >= 11 is 7.17. The summed E-state index contributed by atoms with van der Waals surface area (Å²) in [6.45, 7) is 4.49. The summed E-state index contributed by atoms with van der Waals surface area (Å²) in [6, 6.07) is 20.8. The molecule has 3 fully saturated rings. The van der Waals surface area contributed by atoms with Crippen LogP contribution in [0.1, 0.15) is 23.3 Å². The van der Waals surface area contributed by atoms with E-state index in [1.54, 1.807) is 11.3 Å². The van der Waals surface area contributed by atoms with Crippen LogP contribution in [-0.2, 0) is 11.2 Å². The molecule has 4 heterocycles. The molecule has 3 saturated heterocycles. The number of para-hydroxylation sites is 1. The zero-order valence-electron chi connectivity index (χ0n) is 19.1. The Balaban J connectivity index is 1.17. The number of quaternary nitrogens is 1. The van der Waals surface area contributed by atoms with E-state index in [9.17, 15) is 4.79 Å². The van der Waals surface area contributed by atoms with Gasteiger partial charge in [0.15, 0.2) is 6.10 Å². The molecule has 178 valence electrons. The number of benzene rings is 2. The number of halogens is 1. The Bertz CT molecular complexity index is 1110. The third-order valence-corrected chi connectivity index (χ3v) is 9.81. The van der Waals surface area contributed by atoms with E-state index in [0.29, 0.717) is 5.92 Å². The molecule has 1 aromatic heterocycles. The van der Waals surface area contributed by atoms with Crippen LogP contribution in [0.2, 0.25) is 0 Å². The highest BCUT2D eigenvalue weighted by Crippen LogP contribution is 2.36. The number of ether oxygens (including phenoxy) is 1. The van der Waals surface area contributed by atoms with Gasteiger partial charge in [-0.1, -0.05) is 36.4 Å². The standard InChI is InChI=1S/C27H29BrN2O2S2/c28-22-17-24(34-19-22)16-21-6-4-5-9-25(21)29-27(31)32-26-18-30(12-10-20(26)11-13-30)14-15-33-23-7-2-1-3-8-23/h1-9,17,19-20,26H,10-16,18H2/p+1. The largest absolute Gasteiger partial charge is 0.440 e. The zero-order chi connectivity index (χ0) is 23.4. The Morgan fingerprint density at radius 2 is 1.88 bits per heavy atom. The van der Waals surface area contributed by atoms with E-state index >= 15 is 0 Å². The van der Waals surface area contributed by atoms with E-state index in [0.717, 1.165) is 58.3 Å². The first-order valence-corrected chi connectivity index (χ1v) is 14.6. The first-order valence-electron chi connectivity index (χ1n) is 11.9. The summed E-state index contributed by atoms with van der Waals surface area (Å²) < 4.78 is 8.23. The lowest BCUT2D eigenvalue weighted by molar-refractivity contribution is -0.943. The molecule has 4 nitrogen and oxygen atoms in total. The van der Waals surface area contributed by atoms with Gasteiger partial charge < -0.3 is 9.22 Å². The normalized spacial score (nSPS) is 23.6. The van der Waals surface area contributed by atoms with Crippen LogP contribution in [0.15, 0.2) is 75.4 Å². The number of hydrogen-bond acceptors (Lipinski definition) is 4. The van der Waals surface area contributed by atoms with Crippen LogP contribution >= 0.6 is 39.0 Å². The molecule has 0 saturated carbocycles. The SMILES string of the molecule is O=C(Nc1ccccc1Cc1cc(Br)cs1)OC1C[N+]2(CCSc3ccccc3)CCC1CC2. The molecule has 1 N–H and O–H groups in total. The predicted octanol–water partition coefficient (Wildman–Crippen LogP) is 7.05. The molecule has 6 rings (SSSR count). The highest BCUT2D eigenvalue weighted by Gasteiger charge is 2.47. The number of hydrogen-bond donors (Lipinski definition) is 1. The van der Waals surface area contributed by atoms with Crippen LogP contribution in [0.25, 0.3) is 0 Å². The van der Waals surface area contributed by atoms with Gasteiger partial charge in [-0.2, -0.15) is 0 Å². The molecule has 34 heavy (non-hydrogen) atoms. The lowest BCUT2D eigenvalue weighted by atomic mass is 9.83. The quantitative estimate of drug-likeness (QED) is 0.238. The number of carbonyl (C=O) groups excluding carboxylic acids is 1. The van der Waals surface area contributed by atoms with Gasteiger partial charge in [0.2, 0.25) is 0 Å². The van der Waals surface area contributed by atoms with Crippen LogP contribution in [0.4, 0.5) is 10.5 Å². The number of carbonyl (C=O) groups is 1. The Morgan fingerprint density at radius 3 is 2.65 bits per heavy atom. The highest BCUT2D eigenvalue weighted by molar-refractivity contribution is 9.10. The van der Waals surface area contributed by atoms with Crippen LogP contribution in [0.5, 0.6) is 0 Å². The summed E-state index contributed by atoms with van der Waals surface area (Å²) in [5.74, 6) is 1.59. The van der Waals surface area contributed by atoms with E-state index in [-0.39, 0.29) is 12.2 Å². The van der Waals surface area contributed by atoms with Gasteiger partial charge in [-0.15, -0.1) is 23.1 Å². The minimum Gasteiger partial charge on any atom is -0.440 e. The van der Waals surface area contributed by atoms with Gasteiger partial charge in [-0.25, -0.2) is 4.79 Å². The van der Waals surface area contributed by atoms with E-state index in [4.69, 9.17) is 4.74 Å². The second-order valence-corrected chi connectivity index (χ2v) is 12.4. The van der Waals surface area contributed by atoms with Gasteiger partial charge in [-0.3, -0.25) is 5.32 Å². The molecule has 2 aromatic carbocycles. The minimum absolute atomic E-state index is 0.00430. The van der Waals surface area contributed by atoms with E-state index in [1.807, 2.05) is 30.0 Å². The zero-order valence-corrected chi connectivity index (χ0v) is 22.3. The Morgan fingerprint density at radius 1 is 1.12 bits per heavy atom. The lowest BCUT2D eigenvalue weighted by Crippen LogP contribution is -2.65. The summed E-state index contributed by atoms with van der Waals surface area (Å²) in [7, 11) is 0. The molecule has 3 aliphatic heterocycles. The number of nitrogens with one attached hydrogen (secondary N) is 1. The van der Waals surface area contributed by atoms with Crippen molar-refractivity contribution in [2.45, 2.75) is 30.3 Å². The second kappa shape index (κ2) is 10.9. The van der Waals surface area contributed by atoms with Crippen LogP contribution in [0, 0.1) is 5.92 Å². The molecule has 0 radical (unpaired) electrons. The summed E-state index contributed by atoms with van der Waals surface area (Å²) in [4.78, 5) is 15.5. The van der Waals surface area contributed by atoms with Gasteiger partial charge in [0.25, 0.3) is 0 Å². The van der Waals surface area contributed by atoms with E-state index in [2.05, 4.69) is 69.1 Å². The molecule has 3 aliphatic rings. The maximum Gasteiger partial charge on any atom is 0.412 e. The summed E-state index contributed by atoms with van der Waals surface area (Å²) in [5.41, 5.74) is 1.94. The maximum atomic E-state index is 12.9. The van der Waals surface area contributed by atoms with Crippen LogP contribution in [-0.4, -0.2) is 48.6 Å². The summed E-state index contributed by atoms with van der Waals surface area (Å²) in [5, 5.41) is 5.13. The Kier molecular flexibility index (Phi) is 7.64. The molecule has 2 bridgehead atoms. The molecule has 3 aromatic rings. The number of rotatable bonds is 8. The number of amides is 1. The van der Waals surface area contributed by atoms with E-state index < -0.39 is 0 Å². The summed E-state index contributed by atoms with van der Waals surface area (Å²) in [6.07, 6.45) is 2.77. The van der Waals surface area contributed by atoms with Crippen LogP contribution < -0.4 is 5.32 Å². The predicted molar refractivity (Wildman–Crippen MR) is 145 cm³/mol. The van der Waals surface area contributed by atoms with Crippen LogP contribution in [0.3, 0.4) is 0 Å². The fourth-order valence-electron chi connectivity index (χ4n) is 5.25. The molecule has 1 amide bonds. The van der Waals surface area contributed by atoms with Crippen molar-refractivity contribution < 1.29 is 14.0 Å². The molecular weight excluding hydrogens is 528 g/mol. The van der Waals surface area contributed by atoms with Crippen molar-refractivity contribution in [2.75, 3.05) is 37.2 Å². The van der Waals surface area contributed by atoms with Gasteiger partial charge in [0, 0.05) is 56.2 Å². The van der Waals surface area contributed by atoms with Gasteiger partial charge >= 0.3 is 6.09 Å². The Hall–Kier alpha value is -1.80. The van der Waals surface area contributed by atoms with Crippen molar-refractivity contribution in [3.05, 3.63) is 81.0 Å². The minimum atomic E-state index is -0.324. The Labute approximate surface area is 218 Å². The van der Waals surface area contributed by atoms with Crippen molar-refractivity contribution in [3.63, 3.8) is 0 Å². The first-order chi connectivity index (χ1) is 16.6. The number of fused-ring (bicyclic) bond motifs is 3. The fraction of sp³-hybridized carbons (Fsp3) is 0.370. The van der Waals surface area contributed by atoms with Crippen molar-refractivity contribution in [2.24, 2.45) is 5.92 Å². The van der Waals surface area contributed by atoms with Gasteiger partial charge in [0.1, 0.15) is 6.54 Å². The number of thioether (sulfide) groups is 1. The van der Waals surface area contributed by atoms with Gasteiger partial charge in [0.05, 0.1) is 19.6 Å². The molecule has 1 atom stereocenters. The van der Waals surface area contributed by atoms with Crippen molar-refractivity contribution in [3.8, 4) is 0 Å². The second-order valence-electron chi connectivity index (χ2n) is 9.33. The number of thiophene rings is 1.